The Morgan fingerprint density at radius 1 is 1.15 bits per heavy atom. The standard InChI is InChI=1S/C16H19NOS.ClH/c1-2-7-15-12(4-1)13-5-3-6-14(16(13)19-15)17-8-10-18-11-9-17;/h1-2,4,7,14H,3,5-6,8-11H2;1H. The van der Waals surface area contributed by atoms with Crippen molar-refractivity contribution in [3.63, 3.8) is 0 Å². The molecule has 0 N–H and O–H groups in total. The molecule has 2 aliphatic rings. The number of nitrogens with zero attached hydrogens (tertiary/aromatic N) is 1. The van der Waals surface area contributed by atoms with Crippen LogP contribution >= 0.6 is 23.7 Å². The number of morpholine rings is 1. The average molecular weight is 310 g/mol. The summed E-state index contributed by atoms with van der Waals surface area (Å²) >= 11 is 2.02. The third-order valence-electron chi connectivity index (χ3n) is 4.42. The van der Waals surface area contributed by atoms with Crippen LogP contribution in [0.1, 0.15) is 29.3 Å². The van der Waals surface area contributed by atoms with Crippen LogP contribution in [0.4, 0.5) is 0 Å². The highest BCUT2D eigenvalue weighted by atomic mass is 35.5. The Morgan fingerprint density at radius 2 is 1.95 bits per heavy atom. The van der Waals surface area contributed by atoms with Crippen molar-refractivity contribution >= 4 is 33.8 Å². The van der Waals surface area contributed by atoms with Gasteiger partial charge in [0.2, 0.25) is 0 Å². The number of thiophene rings is 1. The van der Waals surface area contributed by atoms with E-state index in [1.807, 2.05) is 11.3 Å². The maximum atomic E-state index is 5.50. The zero-order chi connectivity index (χ0) is 12.7. The molecule has 1 unspecified atom stereocenters. The van der Waals surface area contributed by atoms with E-state index < -0.39 is 0 Å². The molecular formula is C16H20ClNOS. The van der Waals surface area contributed by atoms with Gasteiger partial charge in [0.05, 0.1) is 13.2 Å². The van der Waals surface area contributed by atoms with Crippen LogP contribution < -0.4 is 0 Å². The molecule has 1 atom stereocenters. The maximum absolute atomic E-state index is 5.50. The largest absolute Gasteiger partial charge is 0.379 e. The molecule has 0 radical (unpaired) electrons. The lowest BCUT2D eigenvalue weighted by Gasteiger charge is -2.36. The topological polar surface area (TPSA) is 12.5 Å². The fraction of sp³-hybridized carbons (Fsp3) is 0.500. The number of ether oxygens (including phenoxy) is 1. The molecule has 0 bridgehead atoms. The number of hydrogen-bond acceptors (Lipinski definition) is 3. The lowest BCUT2D eigenvalue weighted by atomic mass is 9.91. The third-order valence-corrected chi connectivity index (χ3v) is 5.74. The summed E-state index contributed by atoms with van der Waals surface area (Å²) in [4.78, 5) is 4.27. The van der Waals surface area contributed by atoms with Gasteiger partial charge in [-0.15, -0.1) is 23.7 Å². The summed E-state index contributed by atoms with van der Waals surface area (Å²) in [5, 5.41) is 1.50. The van der Waals surface area contributed by atoms with Crippen molar-refractivity contribution in [2.45, 2.75) is 25.3 Å². The highest BCUT2D eigenvalue weighted by Crippen LogP contribution is 2.43. The summed E-state index contributed by atoms with van der Waals surface area (Å²) in [6, 6.07) is 9.55. The summed E-state index contributed by atoms with van der Waals surface area (Å²) in [7, 11) is 0. The van der Waals surface area contributed by atoms with E-state index in [1.165, 1.54) is 29.3 Å². The van der Waals surface area contributed by atoms with Crippen LogP contribution in [0.3, 0.4) is 0 Å². The van der Waals surface area contributed by atoms with Crippen molar-refractivity contribution in [3.8, 4) is 0 Å². The minimum absolute atomic E-state index is 0. The zero-order valence-corrected chi connectivity index (χ0v) is 13.1. The van der Waals surface area contributed by atoms with Gasteiger partial charge in [-0.1, -0.05) is 18.2 Å². The molecular weight excluding hydrogens is 290 g/mol. The Kier molecular flexibility index (Phi) is 4.32. The van der Waals surface area contributed by atoms with Crippen LogP contribution in [0.5, 0.6) is 0 Å². The first kappa shape index (κ1) is 14.3. The van der Waals surface area contributed by atoms with Gasteiger partial charge in [0.15, 0.2) is 0 Å². The Balaban J connectivity index is 0.00000121. The van der Waals surface area contributed by atoms with Gasteiger partial charge in [-0.2, -0.15) is 0 Å². The van der Waals surface area contributed by atoms with Gasteiger partial charge in [0.1, 0.15) is 0 Å². The summed E-state index contributed by atoms with van der Waals surface area (Å²) in [6.45, 7) is 3.99. The van der Waals surface area contributed by atoms with E-state index >= 15 is 0 Å². The molecule has 1 aromatic carbocycles. The highest BCUT2D eigenvalue weighted by molar-refractivity contribution is 7.19. The van der Waals surface area contributed by atoms with Crippen molar-refractivity contribution in [1.29, 1.82) is 0 Å². The summed E-state index contributed by atoms with van der Waals surface area (Å²) < 4.78 is 6.96. The van der Waals surface area contributed by atoms with E-state index in [2.05, 4.69) is 29.2 Å². The molecule has 4 rings (SSSR count). The first-order valence-corrected chi connectivity index (χ1v) is 8.07. The van der Waals surface area contributed by atoms with Crippen molar-refractivity contribution in [2.75, 3.05) is 26.3 Å². The summed E-state index contributed by atoms with van der Waals surface area (Å²) in [6.07, 6.45) is 3.91. The fourth-order valence-corrected chi connectivity index (χ4v) is 4.91. The molecule has 4 heteroatoms. The van der Waals surface area contributed by atoms with Gasteiger partial charge in [0.25, 0.3) is 0 Å². The van der Waals surface area contributed by atoms with E-state index in [1.54, 1.807) is 10.4 Å². The van der Waals surface area contributed by atoms with Gasteiger partial charge in [-0.05, 0) is 36.3 Å². The monoisotopic (exact) mass is 309 g/mol. The number of aryl methyl sites for hydroxylation is 1. The van der Waals surface area contributed by atoms with Gasteiger partial charge in [-0.3, -0.25) is 4.90 Å². The summed E-state index contributed by atoms with van der Waals surface area (Å²) in [5.41, 5.74) is 1.63. The highest BCUT2D eigenvalue weighted by Gasteiger charge is 2.29. The molecule has 1 aromatic heterocycles. The second-order valence-corrected chi connectivity index (χ2v) is 6.58. The van der Waals surface area contributed by atoms with Gasteiger partial charge in [-0.25, -0.2) is 0 Å². The lowest BCUT2D eigenvalue weighted by molar-refractivity contribution is 0.0133. The molecule has 2 heterocycles. The van der Waals surface area contributed by atoms with Gasteiger partial charge < -0.3 is 4.74 Å². The van der Waals surface area contributed by atoms with Crippen molar-refractivity contribution in [2.24, 2.45) is 0 Å². The first-order chi connectivity index (χ1) is 9.43. The molecule has 2 aromatic rings. The minimum atomic E-state index is 0. The minimum Gasteiger partial charge on any atom is -0.379 e. The number of hydrogen-bond donors (Lipinski definition) is 0. The van der Waals surface area contributed by atoms with Crippen LogP contribution in [0.25, 0.3) is 10.1 Å². The van der Waals surface area contributed by atoms with E-state index in [0.717, 1.165) is 26.3 Å². The third kappa shape index (κ3) is 2.37. The second-order valence-electron chi connectivity index (χ2n) is 5.50. The first-order valence-electron chi connectivity index (χ1n) is 7.25. The Labute approximate surface area is 130 Å². The molecule has 1 saturated heterocycles. The van der Waals surface area contributed by atoms with Crippen LogP contribution in [0.15, 0.2) is 24.3 Å². The molecule has 0 spiro atoms. The predicted molar refractivity (Wildman–Crippen MR) is 87.1 cm³/mol. The normalized spacial score (nSPS) is 23.3. The smallest absolute Gasteiger partial charge is 0.0594 e. The van der Waals surface area contributed by atoms with Crippen molar-refractivity contribution in [1.82, 2.24) is 4.90 Å². The quantitative estimate of drug-likeness (QED) is 0.788. The molecule has 2 nitrogen and oxygen atoms in total. The number of rotatable bonds is 1. The van der Waals surface area contributed by atoms with Crippen LogP contribution in [-0.4, -0.2) is 31.2 Å². The SMILES string of the molecule is Cl.c1ccc2c3c(sc2c1)C(N1CCOCC1)CCC3. The lowest BCUT2D eigenvalue weighted by Crippen LogP contribution is -2.39. The molecule has 0 amide bonds. The van der Waals surface area contributed by atoms with E-state index in [9.17, 15) is 0 Å². The Bertz CT molecular complexity index is 591. The van der Waals surface area contributed by atoms with E-state index in [-0.39, 0.29) is 12.4 Å². The van der Waals surface area contributed by atoms with Gasteiger partial charge >= 0.3 is 0 Å². The van der Waals surface area contributed by atoms with Crippen molar-refractivity contribution < 1.29 is 4.74 Å². The number of fused-ring (bicyclic) bond motifs is 3. The van der Waals surface area contributed by atoms with Gasteiger partial charge in [0, 0.05) is 28.7 Å². The predicted octanol–water partition coefficient (Wildman–Crippen LogP) is 4.03. The zero-order valence-electron chi connectivity index (χ0n) is 11.5. The molecule has 1 aliphatic heterocycles. The van der Waals surface area contributed by atoms with Crippen LogP contribution in [0.2, 0.25) is 0 Å². The number of benzene rings is 1. The van der Waals surface area contributed by atoms with Crippen molar-refractivity contribution in [3.05, 3.63) is 34.7 Å². The Morgan fingerprint density at radius 3 is 2.80 bits per heavy atom. The molecule has 1 fully saturated rings. The van der Waals surface area contributed by atoms with E-state index in [0.29, 0.717) is 6.04 Å². The number of halogens is 1. The molecule has 1 aliphatic carbocycles. The van der Waals surface area contributed by atoms with E-state index in [4.69, 9.17) is 4.74 Å². The van der Waals surface area contributed by atoms with Crippen LogP contribution in [0, 0.1) is 0 Å². The molecule has 20 heavy (non-hydrogen) atoms. The molecule has 0 saturated carbocycles. The average Bonchev–Trinajstić information content (AvgIpc) is 2.87. The maximum Gasteiger partial charge on any atom is 0.0594 e. The Hall–Kier alpha value is -0.610. The molecule has 108 valence electrons. The second kappa shape index (κ2) is 6.02. The fourth-order valence-electron chi connectivity index (χ4n) is 3.49. The van der Waals surface area contributed by atoms with Crippen LogP contribution in [-0.2, 0) is 11.2 Å². The summed E-state index contributed by atoms with van der Waals surface area (Å²) in [5.74, 6) is 0.